The molecule has 10 heteroatoms. The summed E-state index contributed by atoms with van der Waals surface area (Å²) in [6.45, 7) is -0.0412. The standard InChI is InChI=1S/C13H11ClF3N3O3/c14-9-3-7(13(15,16)17)5-20-6-8(19-12(9)20)4-10(21)18-2-1-11(22)23/h3,5-6H,1-2,4H2,(H,18,21)(H,22,23). The predicted octanol–water partition coefficient (Wildman–Crippen LogP) is 2.14. The van der Waals surface area contributed by atoms with Gasteiger partial charge in [0, 0.05) is 18.9 Å². The van der Waals surface area contributed by atoms with Crippen LogP contribution >= 0.6 is 11.6 Å². The third-order valence-corrected chi connectivity index (χ3v) is 3.16. The van der Waals surface area contributed by atoms with E-state index in [1.807, 2.05) is 0 Å². The lowest BCUT2D eigenvalue weighted by Crippen LogP contribution is -2.27. The van der Waals surface area contributed by atoms with E-state index in [2.05, 4.69) is 10.3 Å². The quantitative estimate of drug-likeness (QED) is 0.866. The number of carboxylic acids is 1. The second kappa shape index (κ2) is 6.45. The molecule has 2 aromatic rings. The average molecular weight is 350 g/mol. The molecule has 0 aliphatic heterocycles. The molecule has 0 spiro atoms. The van der Waals surface area contributed by atoms with Gasteiger partial charge >= 0.3 is 12.1 Å². The highest BCUT2D eigenvalue weighted by Crippen LogP contribution is 2.32. The molecule has 124 valence electrons. The van der Waals surface area contributed by atoms with Crippen molar-refractivity contribution in [2.24, 2.45) is 0 Å². The Morgan fingerprint density at radius 1 is 1.35 bits per heavy atom. The summed E-state index contributed by atoms with van der Waals surface area (Å²) in [5, 5.41) is 10.7. The van der Waals surface area contributed by atoms with Crippen molar-refractivity contribution in [3.8, 4) is 0 Å². The van der Waals surface area contributed by atoms with Crippen LogP contribution in [0.1, 0.15) is 17.7 Å². The van der Waals surface area contributed by atoms with Crippen molar-refractivity contribution in [1.29, 1.82) is 0 Å². The summed E-state index contributed by atoms with van der Waals surface area (Å²) in [5.74, 6) is -1.54. The summed E-state index contributed by atoms with van der Waals surface area (Å²) in [6, 6.07) is 0.764. The minimum atomic E-state index is -4.55. The van der Waals surface area contributed by atoms with E-state index >= 15 is 0 Å². The maximum absolute atomic E-state index is 12.7. The number of fused-ring (bicyclic) bond motifs is 1. The lowest BCUT2D eigenvalue weighted by atomic mass is 10.3. The van der Waals surface area contributed by atoms with Gasteiger partial charge in [-0.05, 0) is 6.07 Å². The van der Waals surface area contributed by atoms with Gasteiger partial charge in [-0.3, -0.25) is 9.59 Å². The summed E-state index contributed by atoms with van der Waals surface area (Å²) in [7, 11) is 0. The number of carboxylic acid groups (broad SMARTS) is 1. The highest BCUT2D eigenvalue weighted by Gasteiger charge is 2.31. The fourth-order valence-corrected chi connectivity index (χ4v) is 2.14. The fourth-order valence-electron chi connectivity index (χ4n) is 1.88. The second-order valence-electron chi connectivity index (χ2n) is 4.71. The Labute approximate surface area is 132 Å². The van der Waals surface area contributed by atoms with Crippen LogP contribution in [0.25, 0.3) is 5.65 Å². The van der Waals surface area contributed by atoms with Crippen molar-refractivity contribution in [3.63, 3.8) is 0 Å². The first-order valence-electron chi connectivity index (χ1n) is 6.39. The van der Waals surface area contributed by atoms with Crippen LogP contribution in [0.15, 0.2) is 18.5 Å². The van der Waals surface area contributed by atoms with E-state index in [0.29, 0.717) is 0 Å². The molecule has 23 heavy (non-hydrogen) atoms. The number of carbonyl (C=O) groups excluding carboxylic acids is 1. The number of nitrogens with zero attached hydrogens (tertiary/aromatic N) is 2. The first kappa shape index (κ1) is 17.1. The van der Waals surface area contributed by atoms with Gasteiger partial charge < -0.3 is 14.8 Å². The Balaban J connectivity index is 2.15. The van der Waals surface area contributed by atoms with Gasteiger partial charge in [0.05, 0.1) is 29.1 Å². The molecule has 0 atom stereocenters. The average Bonchev–Trinajstić information content (AvgIpc) is 2.80. The molecule has 2 N–H and O–H groups in total. The molecule has 1 amide bonds. The van der Waals surface area contributed by atoms with Crippen LogP contribution in [-0.2, 0) is 22.2 Å². The largest absolute Gasteiger partial charge is 0.481 e. The number of hydrogen-bond donors (Lipinski definition) is 2. The van der Waals surface area contributed by atoms with Crippen molar-refractivity contribution < 1.29 is 27.9 Å². The summed E-state index contributed by atoms with van der Waals surface area (Å²) in [4.78, 5) is 26.0. The molecular formula is C13H11ClF3N3O3. The molecule has 2 heterocycles. The molecular weight excluding hydrogens is 339 g/mol. The molecule has 2 aromatic heterocycles. The molecule has 6 nitrogen and oxygen atoms in total. The second-order valence-corrected chi connectivity index (χ2v) is 5.12. The van der Waals surface area contributed by atoms with Crippen LogP contribution in [0, 0.1) is 0 Å². The van der Waals surface area contributed by atoms with Crippen molar-refractivity contribution in [2.45, 2.75) is 19.0 Å². The SMILES string of the molecule is O=C(O)CCNC(=O)Cc1cn2cc(C(F)(F)F)cc(Cl)c2n1. The van der Waals surface area contributed by atoms with E-state index in [-0.39, 0.29) is 35.8 Å². The van der Waals surface area contributed by atoms with Gasteiger partial charge in [-0.25, -0.2) is 4.98 Å². The van der Waals surface area contributed by atoms with Gasteiger partial charge in [0.25, 0.3) is 0 Å². The van der Waals surface area contributed by atoms with Crippen molar-refractivity contribution in [1.82, 2.24) is 14.7 Å². The lowest BCUT2D eigenvalue weighted by molar-refractivity contribution is -0.138. The van der Waals surface area contributed by atoms with Crippen molar-refractivity contribution in [3.05, 3.63) is 34.7 Å². The van der Waals surface area contributed by atoms with Crippen LogP contribution < -0.4 is 5.32 Å². The van der Waals surface area contributed by atoms with Crippen LogP contribution in [0.2, 0.25) is 5.02 Å². The number of amides is 1. The molecule has 0 saturated heterocycles. The van der Waals surface area contributed by atoms with Crippen LogP contribution in [-0.4, -0.2) is 32.9 Å². The van der Waals surface area contributed by atoms with Gasteiger partial charge in [-0.1, -0.05) is 11.6 Å². The molecule has 0 radical (unpaired) electrons. The number of hydrogen-bond acceptors (Lipinski definition) is 3. The first-order chi connectivity index (χ1) is 10.7. The molecule has 0 bridgehead atoms. The summed E-state index contributed by atoms with van der Waals surface area (Å²) >= 11 is 5.79. The number of alkyl halides is 3. The number of rotatable bonds is 5. The van der Waals surface area contributed by atoms with Crippen molar-refractivity contribution >= 4 is 29.1 Å². The van der Waals surface area contributed by atoms with E-state index in [4.69, 9.17) is 16.7 Å². The molecule has 0 aromatic carbocycles. The monoisotopic (exact) mass is 349 g/mol. The Kier molecular flexibility index (Phi) is 4.79. The van der Waals surface area contributed by atoms with Gasteiger partial charge in [0.2, 0.25) is 5.91 Å². The Bertz CT molecular complexity index is 758. The molecule has 2 rings (SSSR count). The molecule has 0 unspecified atom stereocenters. The molecule has 0 aliphatic rings. The van der Waals surface area contributed by atoms with E-state index in [0.717, 1.165) is 16.7 Å². The molecule has 0 fully saturated rings. The first-order valence-corrected chi connectivity index (χ1v) is 6.77. The minimum absolute atomic E-state index is 0.0412. The Hall–Kier alpha value is -2.29. The normalized spacial score (nSPS) is 11.7. The number of halogens is 4. The van der Waals surface area contributed by atoms with E-state index < -0.39 is 23.6 Å². The number of pyridine rings is 1. The zero-order valence-corrected chi connectivity index (χ0v) is 12.3. The number of nitrogens with one attached hydrogen (secondary N) is 1. The lowest BCUT2D eigenvalue weighted by Gasteiger charge is -2.07. The highest BCUT2D eigenvalue weighted by atomic mass is 35.5. The summed E-state index contributed by atoms with van der Waals surface area (Å²) in [6.07, 6.45) is -2.86. The number of carbonyl (C=O) groups is 2. The van der Waals surface area contributed by atoms with E-state index in [9.17, 15) is 22.8 Å². The fraction of sp³-hybridized carbons (Fsp3) is 0.308. The van der Waals surface area contributed by atoms with Gasteiger partial charge in [-0.15, -0.1) is 0 Å². The van der Waals surface area contributed by atoms with Crippen LogP contribution in [0.4, 0.5) is 13.2 Å². The Morgan fingerprint density at radius 3 is 2.65 bits per heavy atom. The smallest absolute Gasteiger partial charge is 0.417 e. The van der Waals surface area contributed by atoms with Crippen LogP contribution in [0.3, 0.4) is 0 Å². The highest BCUT2D eigenvalue weighted by molar-refractivity contribution is 6.33. The Morgan fingerprint density at radius 2 is 2.04 bits per heavy atom. The minimum Gasteiger partial charge on any atom is -0.481 e. The predicted molar refractivity (Wildman–Crippen MR) is 74.2 cm³/mol. The summed E-state index contributed by atoms with van der Waals surface area (Å²) in [5.41, 5.74) is -0.600. The van der Waals surface area contributed by atoms with Gasteiger partial charge in [0.15, 0.2) is 5.65 Å². The van der Waals surface area contributed by atoms with Gasteiger partial charge in [-0.2, -0.15) is 13.2 Å². The summed E-state index contributed by atoms with van der Waals surface area (Å²) < 4.78 is 39.2. The third-order valence-electron chi connectivity index (χ3n) is 2.89. The van der Waals surface area contributed by atoms with Crippen LogP contribution in [0.5, 0.6) is 0 Å². The number of aliphatic carboxylic acids is 1. The third kappa shape index (κ3) is 4.35. The van der Waals surface area contributed by atoms with E-state index in [1.165, 1.54) is 6.20 Å². The van der Waals surface area contributed by atoms with Crippen molar-refractivity contribution in [2.75, 3.05) is 6.54 Å². The van der Waals surface area contributed by atoms with E-state index in [1.54, 1.807) is 0 Å². The van der Waals surface area contributed by atoms with Gasteiger partial charge in [0.1, 0.15) is 0 Å². The maximum atomic E-state index is 12.7. The maximum Gasteiger partial charge on any atom is 0.417 e. The zero-order valence-electron chi connectivity index (χ0n) is 11.5. The molecule has 0 saturated carbocycles. The number of aromatic nitrogens is 2. The topological polar surface area (TPSA) is 83.7 Å². The zero-order chi connectivity index (χ0) is 17.2. The number of imidazole rings is 1. The molecule has 0 aliphatic carbocycles.